The zero-order valence-corrected chi connectivity index (χ0v) is 14.2. The van der Waals surface area contributed by atoms with E-state index >= 15 is 0 Å². The second kappa shape index (κ2) is 7.83. The molecule has 0 spiro atoms. The normalized spacial score (nSPS) is 13.2. The number of benzene rings is 2. The monoisotopic (exact) mass is 338 g/mol. The Balaban J connectivity index is 1.48. The third-order valence-electron chi connectivity index (χ3n) is 4.24. The minimum atomic E-state index is -0.121. The van der Waals surface area contributed by atoms with Gasteiger partial charge in [0.2, 0.25) is 5.91 Å². The quantitative estimate of drug-likeness (QED) is 0.815. The Kier molecular flexibility index (Phi) is 5.33. The third kappa shape index (κ3) is 4.83. The van der Waals surface area contributed by atoms with E-state index in [1.807, 2.05) is 36.4 Å². The smallest absolute Gasteiger partial charge is 0.251 e. The van der Waals surface area contributed by atoms with Crippen LogP contribution in [0.2, 0.25) is 0 Å². The lowest BCUT2D eigenvalue weighted by atomic mass is 10.1. The van der Waals surface area contributed by atoms with Crippen molar-refractivity contribution in [1.82, 2.24) is 10.6 Å². The summed E-state index contributed by atoms with van der Waals surface area (Å²) in [6, 6.07) is 14.9. The molecule has 2 amide bonds. The van der Waals surface area contributed by atoms with E-state index in [4.69, 9.17) is 4.74 Å². The molecule has 1 fully saturated rings. The minimum Gasteiger partial charge on any atom is -0.497 e. The van der Waals surface area contributed by atoms with Crippen molar-refractivity contribution in [2.75, 3.05) is 7.11 Å². The summed E-state index contributed by atoms with van der Waals surface area (Å²) in [6.45, 7) is 0.963. The number of methoxy groups -OCH3 is 1. The van der Waals surface area contributed by atoms with Gasteiger partial charge in [-0.1, -0.05) is 24.3 Å². The molecule has 0 atom stereocenters. The summed E-state index contributed by atoms with van der Waals surface area (Å²) >= 11 is 0. The van der Waals surface area contributed by atoms with E-state index in [0.717, 1.165) is 29.7 Å². The fraction of sp³-hybridized carbons (Fsp3) is 0.300. The molecule has 2 N–H and O–H groups in total. The molecule has 3 rings (SSSR count). The fourth-order valence-corrected chi connectivity index (χ4v) is 2.48. The Morgan fingerprint density at radius 3 is 2.04 bits per heavy atom. The number of carbonyl (C=O) groups is 2. The first-order chi connectivity index (χ1) is 12.2. The lowest BCUT2D eigenvalue weighted by molar-refractivity contribution is -0.122. The van der Waals surface area contributed by atoms with Gasteiger partial charge in [0.1, 0.15) is 5.75 Å². The van der Waals surface area contributed by atoms with Gasteiger partial charge in [0.15, 0.2) is 0 Å². The maximum atomic E-state index is 12.2. The number of nitrogens with one attached hydrogen (secondary N) is 2. The highest BCUT2D eigenvalue weighted by Gasteiger charge is 2.29. The molecule has 1 aliphatic rings. The van der Waals surface area contributed by atoms with Crippen molar-refractivity contribution in [3.05, 3.63) is 65.2 Å². The lowest BCUT2D eigenvalue weighted by Crippen LogP contribution is -2.24. The van der Waals surface area contributed by atoms with Crippen LogP contribution in [0.3, 0.4) is 0 Å². The summed E-state index contributed by atoms with van der Waals surface area (Å²) in [4.78, 5) is 23.8. The molecule has 0 unspecified atom stereocenters. The molecule has 0 aromatic heterocycles. The van der Waals surface area contributed by atoms with Gasteiger partial charge in [-0.25, -0.2) is 0 Å². The zero-order valence-electron chi connectivity index (χ0n) is 14.2. The number of carbonyl (C=O) groups excluding carboxylic acids is 2. The highest BCUT2D eigenvalue weighted by molar-refractivity contribution is 5.94. The van der Waals surface area contributed by atoms with Crippen LogP contribution in [-0.4, -0.2) is 18.9 Å². The molecule has 0 saturated heterocycles. The Labute approximate surface area is 147 Å². The van der Waals surface area contributed by atoms with Crippen molar-refractivity contribution in [3.63, 3.8) is 0 Å². The molecule has 0 aliphatic heterocycles. The van der Waals surface area contributed by atoms with E-state index in [2.05, 4.69) is 10.6 Å². The molecule has 1 aliphatic carbocycles. The van der Waals surface area contributed by atoms with Gasteiger partial charge >= 0.3 is 0 Å². The van der Waals surface area contributed by atoms with E-state index in [9.17, 15) is 9.59 Å². The van der Waals surface area contributed by atoms with Crippen LogP contribution < -0.4 is 15.4 Å². The van der Waals surface area contributed by atoms with Crippen LogP contribution in [0.5, 0.6) is 5.75 Å². The van der Waals surface area contributed by atoms with Crippen molar-refractivity contribution in [3.8, 4) is 5.75 Å². The van der Waals surface area contributed by atoms with Gasteiger partial charge < -0.3 is 15.4 Å². The van der Waals surface area contributed by atoms with Crippen LogP contribution in [-0.2, 0) is 17.9 Å². The molecule has 0 radical (unpaired) electrons. The highest BCUT2D eigenvalue weighted by atomic mass is 16.5. The van der Waals surface area contributed by atoms with Crippen molar-refractivity contribution in [2.45, 2.75) is 25.9 Å². The molecular weight excluding hydrogens is 316 g/mol. The Morgan fingerprint density at radius 1 is 0.920 bits per heavy atom. The van der Waals surface area contributed by atoms with Crippen LogP contribution in [0.4, 0.5) is 0 Å². The van der Waals surface area contributed by atoms with E-state index in [1.54, 1.807) is 19.2 Å². The van der Waals surface area contributed by atoms with Crippen molar-refractivity contribution in [1.29, 1.82) is 0 Å². The first kappa shape index (κ1) is 17.0. The Morgan fingerprint density at radius 2 is 1.48 bits per heavy atom. The number of ether oxygens (including phenoxy) is 1. The summed E-state index contributed by atoms with van der Waals surface area (Å²) in [5.74, 6) is 1.01. The molecule has 0 bridgehead atoms. The molecule has 2 aromatic rings. The average molecular weight is 338 g/mol. The molecular formula is C20H22N2O3. The minimum absolute atomic E-state index is 0.121. The number of hydrogen-bond donors (Lipinski definition) is 2. The zero-order chi connectivity index (χ0) is 17.6. The van der Waals surface area contributed by atoms with Crippen molar-refractivity contribution in [2.24, 2.45) is 5.92 Å². The van der Waals surface area contributed by atoms with E-state index in [1.165, 1.54) is 0 Å². The topological polar surface area (TPSA) is 67.4 Å². The van der Waals surface area contributed by atoms with Gasteiger partial charge in [-0.15, -0.1) is 0 Å². The summed E-state index contributed by atoms with van der Waals surface area (Å²) < 4.78 is 5.11. The number of rotatable bonds is 7. The van der Waals surface area contributed by atoms with Crippen LogP contribution in [0.1, 0.15) is 34.3 Å². The molecule has 5 heteroatoms. The highest BCUT2D eigenvalue weighted by Crippen LogP contribution is 2.28. The van der Waals surface area contributed by atoms with Gasteiger partial charge in [0, 0.05) is 24.6 Å². The lowest BCUT2D eigenvalue weighted by Gasteiger charge is -2.08. The second-order valence-electron chi connectivity index (χ2n) is 6.22. The Hall–Kier alpha value is -2.82. The van der Waals surface area contributed by atoms with Gasteiger partial charge in [-0.2, -0.15) is 0 Å². The fourth-order valence-electron chi connectivity index (χ4n) is 2.48. The van der Waals surface area contributed by atoms with Gasteiger partial charge in [0.25, 0.3) is 5.91 Å². The molecule has 2 aromatic carbocycles. The maximum Gasteiger partial charge on any atom is 0.251 e. The summed E-state index contributed by atoms with van der Waals surface area (Å²) in [5.41, 5.74) is 2.60. The molecule has 1 saturated carbocycles. The van der Waals surface area contributed by atoms with E-state index in [0.29, 0.717) is 18.7 Å². The largest absolute Gasteiger partial charge is 0.497 e. The van der Waals surface area contributed by atoms with Crippen LogP contribution in [0.15, 0.2) is 48.5 Å². The van der Waals surface area contributed by atoms with Gasteiger partial charge in [-0.3, -0.25) is 9.59 Å². The summed E-state index contributed by atoms with van der Waals surface area (Å²) in [5, 5.41) is 5.81. The summed E-state index contributed by atoms with van der Waals surface area (Å²) in [7, 11) is 1.62. The van der Waals surface area contributed by atoms with E-state index in [-0.39, 0.29) is 17.7 Å². The van der Waals surface area contributed by atoms with Crippen LogP contribution in [0.25, 0.3) is 0 Å². The molecule has 0 heterocycles. The predicted octanol–water partition coefficient (Wildman–Crippen LogP) is 2.65. The third-order valence-corrected chi connectivity index (χ3v) is 4.24. The first-order valence-corrected chi connectivity index (χ1v) is 8.43. The first-order valence-electron chi connectivity index (χ1n) is 8.43. The van der Waals surface area contributed by atoms with Crippen molar-refractivity contribution >= 4 is 11.8 Å². The molecule has 5 nitrogen and oxygen atoms in total. The maximum absolute atomic E-state index is 12.2. The van der Waals surface area contributed by atoms with Crippen LogP contribution in [0, 0.1) is 5.92 Å². The summed E-state index contributed by atoms with van der Waals surface area (Å²) in [6.07, 6.45) is 2.00. The number of hydrogen-bond acceptors (Lipinski definition) is 3. The number of amides is 2. The van der Waals surface area contributed by atoms with Crippen molar-refractivity contribution < 1.29 is 14.3 Å². The second-order valence-corrected chi connectivity index (χ2v) is 6.22. The van der Waals surface area contributed by atoms with Gasteiger partial charge in [-0.05, 0) is 48.2 Å². The predicted molar refractivity (Wildman–Crippen MR) is 95.2 cm³/mol. The molecule has 25 heavy (non-hydrogen) atoms. The Bertz CT molecular complexity index is 735. The van der Waals surface area contributed by atoms with E-state index < -0.39 is 0 Å². The van der Waals surface area contributed by atoms with Gasteiger partial charge in [0.05, 0.1) is 7.11 Å². The van der Waals surface area contributed by atoms with Crippen LogP contribution >= 0.6 is 0 Å². The standard InChI is InChI=1S/C20H22N2O3/c1-25-18-10-4-15(5-11-18)13-22-19(23)16-6-2-14(3-7-16)12-21-20(24)17-8-9-17/h2-7,10-11,17H,8-9,12-13H2,1H3,(H,21,24)(H,22,23). The molecule has 130 valence electrons. The average Bonchev–Trinajstić information content (AvgIpc) is 3.50. The SMILES string of the molecule is COc1ccc(CNC(=O)c2ccc(CNC(=O)C3CC3)cc2)cc1.